The van der Waals surface area contributed by atoms with E-state index >= 15 is 0 Å². The van der Waals surface area contributed by atoms with E-state index in [-0.39, 0.29) is 31.9 Å². The molecule has 10 heteroatoms. The van der Waals surface area contributed by atoms with Crippen LogP contribution in [0.3, 0.4) is 0 Å². The fraction of sp³-hybridized carbons (Fsp3) is 0.286. The second kappa shape index (κ2) is 17.1. The zero-order valence-corrected chi connectivity index (χ0v) is 27.7. The first-order valence-corrected chi connectivity index (χ1v) is 17.0. The lowest BCUT2D eigenvalue weighted by Crippen LogP contribution is -2.40. The number of rotatable bonds is 7. The van der Waals surface area contributed by atoms with Crippen molar-refractivity contribution in [1.29, 1.82) is 0 Å². The van der Waals surface area contributed by atoms with Gasteiger partial charge in [-0.25, -0.2) is 13.8 Å². The minimum Gasteiger partial charge on any atom is -0.362 e. The predicted octanol–water partition coefficient (Wildman–Crippen LogP) is 9.54. The lowest BCUT2D eigenvalue weighted by atomic mass is 9.93. The van der Waals surface area contributed by atoms with E-state index in [0.29, 0.717) is 13.0 Å². The largest absolute Gasteiger partial charge is 0.362 e. The fourth-order valence-corrected chi connectivity index (χ4v) is 7.34. The Morgan fingerprint density at radius 2 is 1.71 bits per heavy atom. The Balaban J connectivity index is 0.000000324. The SMILES string of the molecule is CCc1ccccc1.CNC=O.O=C(c1sc2c(F)ccc(F)c2c1Cl)N(Cc1cccc(-c2nccs2)c1)C1CCCCC1. The number of hydrogen-bond donors (Lipinski definition) is 1. The Morgan fingerprint density at radius 3 is 2.31 bits per heavy atom. The van der Waals surface area contributed by atoms with Gasteiger partial charge in [-0.3, -0.25) is 9.59 Å². The zero-order valence-electron chi connectivity index (χ0n) is 25.3. The van der Waals surface area contributed by atoms with Gasteiger partial charge in [0.15, 0.2) is 0 Å². The zero-order chi connectivity index (χ0) is 32.2. The third kappa shape index (κ3) is 8.96. The van der Waals surface area contributed by atoms with E-state index in [0.717, 1.165) is 78.1 Å². The second-order valence-corrected chi connectivity index (χ2v) is 12.8. The first kappa shape index (κ1) is 34.2. The Hall–Kier alpha value is -3.66. The van der Waals surface area contributed by atoms with Gasteiger partial charge in [0.2, 0.25) is 6.41 Å². The molecule has 1 N–H and O–H groups in total. The van der Waals surface area contributed by atoms with Gasteiger partial charge in [0, 0.05) is 36.8 Å². The number of aromatic nitrogens is 1. The quantitative estimate of drug-likeness (QED) is 0.176. The summed E-state index contributed by atoms with van der Waals surface area (Å²) in [6, 6.07) is 20.6. The highest BCUT2D eigenvalue weighted by molar-refractivity contribution is 7.21. The molecule has 0 saturated heterocycles. The smallest absolute Gasteiger partial charge is 0.266 e. The molecule has 6 rings (SSSR count). The molecular weight excluding hydrogens is 632 g/mol. The van der Waals surface area contributed by atoms with Crippen molar-refractivity contribution in [3.05, 3.63) is 111 Å². The van der Waals surface area contributed by atoms with Crippen molar-refractivity contribution >= 4 is 56.7 Å². The lowest BCUT2D eigenvalue weighted by molar-refractivity contribution is -0.109. The molecule has 5 aromatic rings. The number of benzene rings is 3. The van der Waals surface area contributed by atoms with E-state index in [1.54, 1.807) is 24.6 Å². The number of aryl methyl sites for hydroxylation is 1. The maximum atomic E-state index is 14.4. The number of fused-ring (bicyclic) bond motifs is 1. The minimum atomic E-state index is -0.618. The van der Waals surface area contributed by atoms with Gasteiger partial charge < -0.3 is 10.2 Å². The Labute approximate surface area is 275 Å². The van der Waals surface area contributed by atoms with Crippen molar-refractivity contribution in [2.75, 3.05) is 7.05 Å². The van der Waals surface area contributed by atoms with Crippen molar-refractivity contribution < 1.29 is 18.4 Å². The van der Waals surface area contributed by atoms with Gasteiger partial charge in [-0.1, -0.05) is 86.3 Å². The van der Waals surface area contributed by atoms with E-state index in [1.807, 2.05) is 40.6 Å². The normalized spacial score (nSPS) is 12.8. The molecule has 0 bridgehead atoms. The summed E-state index contributed by atoms with van der Waals surface area (Å²) >= 11 is 8.95. The first-order chi connectivity index (χ1) is 21.9. The molecule has 2 amide bonds. The second-order valence-electron chi connectivity index (χ2n) is 10.5. The van der Waals surface area contributed by atoms with Crippen molar-refractivity contribution in [1.82, 2.24) is 15.2 Å². The number of carbonyl (C=O) groups is 2. The van der Waals surface area contributed by atoms with Crippen LogP contribution in [0.2, 0.25) is 5.02 Å². The van der Waals surface area contributed by atoms with Gasteiger partial charge in [0.05, 0.1) is 15.1 Å². The van der Waals surface area contributed by atoms with E-state index in [2.05, 4.69) is 41.5 Å². The van der Waals surface area contributed by atoms with Crippen LogP contribution in [-0.2, 0) is 17.8 Å². The van der Waals surface area contributed by atoms with Crippen LogP contribution in [-0.4, -0.2) is 35.3 Å². The molecule has 1 aliphatic carbocycles. The molecule has 2 aromatic heterocycles. The molecule has 45 heavy (non-hydrogen) atoms. The average molecular weight is 668 g/mol. The van der Waals surface area contributed by atoms with Gasteiger partial charge in [-0.05, 0) is 48.6 Å². The maximum Gasteiger partial charge on any atom is 0.266 e. The standard InChI is InChI=1S/C25H21ClF2N2OS2.C8H10.C2H5NO/c26-21-20-18(27)9-10-19(28)22(20)33-23(21)25(31)30(17-7-2-1-3-8-17)14-15-5-4-6-16(13-15)24-29-11-12-32-24;1-2-8-6-4-3-5-7-8;1-3-2-4/h4-6,9-13,17H,1-3,7-8,14H2;3-7H,2H2,1H3;2H,1H3,(H,3,4). The lowest BCUT2D eigenvalue weighted by Gasteiger charge is -2.34. The number of nitrogens with zero attached hydrogens (tertiary/aromatic N) is 2. The van der Waals surface area contributed by atoms with Crippen molar-refractivity contribution in [2.45, 2.75) is 58.0 Å². The van der Waals surface area contributed by atoms with Gasteiger partial charge in [-0.15, -0.1) is 22.7 Å². The summed E-state index contributed by atoms with van der Waals surface area (Å²) < 4.78 is 28.9. The maximum absolute atomic E-state index is 14.4. The molecule has 0 radical (unpaired) electrons. The molecule has 1 fully saturated rings. The van der Waals surface area contributed by atoms with Crippen molar-refractivity contribution in [3.63, 3.8) is 0 Å². The number of amides is 2. The van der Waals surface area contributed by atoms with Crippen molar-refractivity contribution in [2.24, 2.45) is 0 Å². The van der Waals surface area contributed by atoms with E-state index in [4.69, 9.17) is 16.4 Å². The molecule has 3 aromatic carbocycles. The van der Waals surface area contributed by atoms with Gasteiger partial charge >= 0.3 is 0 Å². The minimum absolute atomic E-state index is 0.00524. The monoisotopic (exact) mass is 667 g/mol. The molecule has 1 aliphatic rings. The van der Waals surface area contributed by atoms with Crippen LogP contribution in [0.5, 0.6) is 0 Å². The molecular formula is C35H36ClF2N3O2S2. The number of nitrogens with one attached hydrogen (secondary N) is 1. The number of hydrogen-bond acceptors (Lipinski definition) is 5. The third-order valence-electron chi connectivity index (χ3n) is 7.48. The van der Waals surface area contributed by atoms with E-state index in [9.17, 15) is 13.6 Å². The summed E-state index contributed by atoms with van der Waals surface area (Å²) in [6.07, 6.45) is 8.60. The van der Waals surface area contributed by atoms with Gasteiger partial charge in [-0.2, -0.15) is 0 Å². The Morgan fingerprint density at radius 1 is 1.02 bits per heavy atom. The summed E-state index contributed by atoms with van der Waals surface area (Å²) in [4.78, 5) is 29.2. The van der Waals surface area contributed by atoms with Crippen LogP contribution in [0, 0.1) is 11.6 Å². The highest BCUT2D eigenvalue weighted by Crippen LogP contribution is 2.40. The van der Waals surface area contributed by atoms with E-state index in [1.165, 1.54) is 5.56 Å². The molecule has 0 atom stereocenters. The highest BCUT2D eigenvalue weighted by atomic mass is 35.5. The molecule has 0 aliphatic heterocycles. The summed E-state index contributed by atoms with van der Waals surface area (Å²) in [5.74, 6) is -1.46. The highest BCUT2D eigenvalue weighted by Gasteiger charge is 2.31. The average Bonchev–Trinajstić information content (AvgIpc) is 3.76. The number of thiazole rings is 1. The summed E-state index contributed by atoms with van der Waals surface area (Å²) in [5, 5.41) is 5.08. The molecule has 236 valence electrons. The number of halogens is 3. The van der Waals surface area contributed by atoms with Crippen LogP contribution >= 0.6 is 34.3 Å². The first-order valence-electron chi connectivity index (χ1n) is 14.9. The van der Waals surface area contributed by atoms with Crippen LogP contribution in [0.15, 0.2) is 78.3 Å². The molecule has 2 heterocycles. The van der Waals surface area contributed by atoms with Gasteiger partial charge in [0.25, 0.3) is 5.91 Å². The van der Waals surface area contributed by atoms with Crippen LogP contribution in [0.25, 0.3) is 20.7 Å². The van der Waals surface area contributed by atoms with Gasteiger partial charge in [0.1, 0.15) is 21.5 Å². The molecule has 1 saturated carbocycles. The molecule has 0 spiro atoms. The van der Waals surface area contributed by atoms with E-state index < -0.39 is 11.6 Å². The summed E-state index contributed by atoms with van der Waals surface area (Å²) in [6.45, 7) is 2.56. The molecule has 0 unspecified atom stereocenters. The van der Waals surface area contributed by atoms with Crippen LogP contribution in [0.4, 0.5) is 8.78 Å². The van der Waals surface area contributed by atoms with Crippen LogP contribution < -0.4 is 5.32 Å². The Bertz CT molecular complexity index is 1670. The summed E-state index contributed by atoms with van der Waals surface area (Å²) in [7, 11) is 1.56. The third-order valence-corrected chi connectivity index (χ3v) is 9.98. The Kier molecular flexibility index (Phi) is 13.0. The number of thiophene rings is 1. The predicted molar refractivity (Wildman–Crippen MR) is 182 cm³/mol. The van der Waals surface area contributed by atoms with Crippen molar-refractivity contribution in [3.8, 4) is 10.6 Å². The summed E-state index contributed by atoms with van der Waals surface area (Å²) in [5.41, 5.74) is 3.39. The fourth-order valence-electron chi connectivity index (χ4n) is 5.20. The van der Waals surface area contributed by atoms with Crippen LogP contribution in [0.1, 0.15) is 59.8 Å². The molecule has 5 nitrogen and oxygen atoms in total. The topological polar surface area (TPSA) is 62.3 Å². The number of carbonyl (C=O) groups excluding carboxylic acids is 2.